The van der Waals surface area contributed by atoms with Crippen molar-refractivity contribution >= 4 is 75.4 Å². The average Bonchev–Trinajstić information content (AvgIpc) is 3.75. The van der Waals surface area contributed by atoms with Gasteiger partial charge in [-0.25, -0.2) is 0 Å². The third-order valence-corrected chi connectivity index (χ3v) is 14.3. The second-order valence-electron chi connectivity index (χ2n) is 17.4. The molecule has 0 N–H and O–H groups in total. The highest BCUT2D eigenvalue weighted by Gasteiger charge is 2.27. The fourth-order valence-corrected chi connectivity index (χ4v) is 11.0. The van der Waals surface area contributed by atoms with E-state index in [1.54, 1.807) is 0 Å². The van der Waals surface area contributed by atoms with Crippen LogP contribution in [-0.2, 0) is 0 Å². The highest BCUT2D eigenvalue weighted by atomic mass is 14.3. The molecule has 0 fully saturated rings. The van der Waals surface area contributed by atoms with Crippen molar-refractivity contribution in [1.29, 1.82) is 0 Å². The Labute approximate surface area is 352 Å². The van der Waals surface area contributed by atoms with Gasteiger partial charge in [-0.05, 0) is 214 Å². The molecule has 288 valence electrons. The van der Waals surface area contributed by atoms with Crippen LogP contribution in [0.2, 0.25) is 0 Å². The third kappa shape index (κ3) is 5.04. The van der Waals surface area contributed by atoms with Gasteiger partial charge in [0, 0.05) is 0 Å². The van der Waals surface area contributed by atoms with Crippen molar-refractivity contribution in [3.63, 3.8) is 0 Å². The first-order chi connectivity index (χ1) is 29.1. The Hall–Kier alpha value is -6.76. The van der Waals surface area contributed by atoms with Crippen LogP contribution in [0.25, 0.3) is 97.7 Å². The first-order valence-corrected chi connectivity index (χ1v) is 21.4. The topological polar surface area (TPSA) is 0 Å². The first-order valence-electron chi connectivity index (χ1n) is 21.4. The Morgan fingerprint density at radius 3 is 1.28 bits per heavy atom. The zero-order valence-corrected chi connectivity index (χ0v) is 35.9. The maximum atomic E-state index is 2.49. The standard InChI is InChI=1S/C60H48/c1-33-30-34(2)38(6)53(37(33)5)57-50-27-16-20-41-19-15-26-48-45-23-12-11-22-44(45)47(55(41)48)24-13-14-25-49(50)58(54-39(7)35(3)31-36(4)40(54)8)60-52-32-42-18-9-10-21-43(42)46-28-17-29-51(56(46)52)59(57)60/h9-32H,1-8H3. The lowest BCUT2D eigenvalue weighted by molar-refractivity contribution is 1.25. The van der Waals surface area contributed by atoms with Gasteiger partial charge in [-0.3, -0.25) is 0 Å². The summed E-state index contributed by atoms with van der Waals surface area (Å²) >= 11 is 0. The Morgan fingerprint density at radius 2 is 0.667 bits per heavy atom. The van der Waals surface area contributed by atoms with E-state index < -0.39 is 0 Å². The smallest absolute Gasteiger partial charge is 0.000699 e. The zero-order chi connectivity index (χ0) is 41.1. The zero-order valence-electron chi connectivity index (χ0n) is 35.9. The summed E-state index contributed by atoms with van der Waals surface area (Å²) in [5, 5.41) is 20.8. The van der Waals surface area contributed by atoms with Crippen molar-refractivity contribution in [2.45, 2.75) is 55.4 Å². The third-order valence-electron chi connectivity index (χ3n) is 14.3. The van der Waals surface area contributed by atoms with Gasteiger partial charge in [0.1, 0.15) is 0 Å². The minimum Gasteiger partial charge on any atom is -0.0616 e. The van der Waals surface area contributed by atoms with Crippen molar-refractivity contribution in [2.75, 3.05) is 0 Å². The maximum absolute atomic E-state index is 2.49. The molecule has 0 radical (unpaired) electrons. The largest absolute Gasteiger partial charge is 0.0616 e. The van der Waals surface area contributed by atoms with E-state index in [1.807, 2.05) is 0 Å². The Bertz CT molecular complexity index is 3730. The van der Waals surface area contributed by atoms with Crippen LogP contribution in [0.3, 0.4) is 0 Å². The molecule has 2 aliphatic carbocycles. The van der Waals surface area contributed by atoms with Crippen LogP contribution in [0.1, 0.15) is 44.5 Å². The van der Waals surface area contributed by atoms with Crippen molar-refractivity contribution in [2.24, 2.45) is 0 Å². The molecule has 0 aromatic heterocycles. The summed E-state index contributed by atoms with van der Waals surface area (Å²) in [5.74, 6) is 0. The quantitative estimate of drug-likeness (QED) is 0.154. The molecule has 60 heavy (non-hydrogen) atoms. The van der Waals surface area contributed by atoms with Crippen LogP contribution in [0.15, 0.2) is 146 Å². The van der Waals surface area contributed by atoms with Gasteiger partial charge in [-0.1, -0.05) is 140 Å². The molecule has 9 aromatic rings. The molecular weight excluding hydrogens is 721 g/mol. The SMILES string of the molecule is Cc1cc(C)c(C)c(-c2c3cccc4cccc5c4=c(ccccc3c(-c3c(C)c(C)cc(C)c3C)c3c4cc6ccccc6c6cccc(c23)c64)c2ccccc25)c1C. The molecule has 0 heterocycles. The van der Waals surface area contributed by atoms with Gasteiger partial charge in [-0.15, -0.1) is 0 Å². The lowest BCUT2D eigenvalue weighted by atomic mass is 9.80. The number of benzene rings is 8. The van der Waals surface area contributed by atoms with Crippen LogP contribution < -0.4 is 0 Å². The molecule has 0 amide bonds. The van der Waals surface area contributed by atoms with Crippen LogP contribution in [0.4, 0.5) is 0 Å². The fraction of sp³-hybridized carbons (Fsp3) is 0.133. The predicted octanol–water partition coefficient (Wildman–Crippen LogP) is 16.8. The average molecular weight is 769 g/mol. The molecule has 11 rings (SSSR count). The summed E-state index contributed by atoms with van der Waals surface area (Å²) in [6.45, 7) is 18.5. The van der Waals surface area contributed by atoms with Gasteiger partial charge in [-0.2, -0.15) is 0 Å². The molecule has 0 nitrogen and oxygen atoms in total. The molecule has 2 aliphatic rings. The van der Waals surface area contributed by atoms with E-state index in [4.69, 9.17) is 0 Å². The van der Waals surface area contributed by atoms with E-state index in [0.29, 0.717) is 0 Å². The summed E-state index contributed by atoms with van der Waals surface area (Å²) in [4.78, 5) is 0. The number of hydrogen-bond donors (Lipinski definition) is 0. The molecule has 0 saturated carbocycles. The monoisotopic (exact) mass is 768 g/mol. The number of fused-ring (bicyclic) bond motifs is 9. The summed E-state index contributed by atoms with van der Waals surface area (Å²) in [6, 6.07) is 55.3. The van der Waals surface area contributed by atoms with Crippen molar-refractivity contribution in [3.05, 3.63) is 201 Å². The van der Waals surface area contributed by atoms with E-state index in [9.17, 15) is 0 Å². The molecule has 0 unspecified atom stereocenters. The van der Waals surface area contributed by atoms with Gasteiger partial charge < -0.3 is 0 Å². The van der Waals surface area contributed by atoms with Crippen molar-refractivity contribution in [1.82, 2.24) is 0 Å². The summed E-state index contributed by atoms with van der Waals surface area (Å²) in [7, 11) is 0. The normalized spacial score (nSPS) is 12.0. The van der Waals surface area contributed by atoms with Gasteiger partial charge >= 0.3 is 0 Å². The number of rotatable bonds is 2. The Balaban J connectivity index is 1.49. The van der Waals surface area contributed by atoms with Crippen molar-refractivity contribution < 1.29 is 0 Å². The molecule has 9 aromatic carbocycles. The first kappa shape index (κ1) is 36.3. The summed E-state index contributed by atoms with van der Waals surface area (Å²) in [5.41, 5.74) is 16.0. The lowest BCUT2D eigenvalue weighted by Gasteiger charge is -2.23. The predicted molar refractivity (Wildman–Crippen MR) is 262 cm³/mol. The Kier molecular flexibility index (Phi) is 8.10. The number of aryl methyl sites for hydroxylation is 4. The second kappa shape index (κ2) is 13.4. The molecular formula is C60H48. The highest BCUT2D eigenvalue weighted by Crippen LogP contribution is 2.54. The highest BCUT2D eigenvalue weighted by molar-refractivity contribution is 6.42. The fourth-order valence-electron chi connectivity index (χ4n) is 11.0. The van der Waals surface area contributed by atoms with Gasteiger partial charge in [0.05, 0.1) is 0 Å². The molecule has 0 bridgehead atoms. The van der Waals surface area contributed by atoms with Crippen LogP contribution in [-0.4, -0.2) is 0 Å². The Morgan fingerprint density at radius 1 is 0.250 bits per heavy atom. The van der Waals surface area contributed by atoms with Gasteiger partial charge in [0.2, 0.25) is 0 Å². The maximum Gasteiger partial charge on any atom is -0.000699 e. The molecule has 0 heteroatoms. The van der Waals surface area contributed by atoms with E-state index >= 15 is 0 Å². The number of hydrogen-bond acceptors (Lipinski definition) is 0. The van der Waals surface area contributed by atoms with E-state index in [-0.39, 0.29) is 0 Å². The molecule has 0 aliphatic heterocycles. The minimum atomic E-state index is 1.23. The summed E-state index contributed by atoms with van der Waals surface area (Å²) in [6.07, 6.45) is 0. The van der Waals surface area contributed by atoms with Gasteiger partial charge in [0.15, 0.2) is 0 Å². The van der Waals surface area contributed by atoms with Crippen LogP contribution in [0, 0.1) is 65.8 Å². The second-order valence-corrected chi connectivity index (χ2v) is 17.4. The van der Waals surface area contributed by atoms with Crippen LogP contribution >= 0.6 is 0 Å². The van der Waals surface area contributed by atoms with E-state index in [2.05, 4.69) is 201 Å². The van der Waals surface area contributed by atoms with Crippen LogP contribution in [0.5, 0.6) is 0 Å². The molecule has 0 spiro atoms. The van der Waals surface area contributed by atoms with Crippen molar-refractivity contribution in [3.8, 4) is 22.3 Å². The lowest BCUT2D eigenvalue weighted by Crippen LogP contribution is -1.99. The molecule has 0 saturated heterocycles. The molecule has 0 atom stereocenters. The van der Waals surface area contributed by atoms with E-state index in [0.717, 1.165) is 0 Å². The van der Waals surface area contributed by atoms with E-state index in [1.165, 1.54) is 153 Å². The van der Waals surface area contributed by atoms with Gasteiger partial charge in [0.25, 0.3) is 0 Å². The minimum absolute atomic E-state index is 1.23. The summed E-state index contributed by atoms with van der Waals surface area (Å²) < 4.78 is 0.